The van der Waals surface area contributed by atoms with Crippen LogP contribution in [0.5, 0.6) is 0 Å². The van der Waals surface area contributed by atoms with Crippen LogP contribution in [0.2, 0.25) is 0 Å². The summed E-state index contributed by atoms with van der Waals surface area (Å²) in [6, 6.07) is 10.3. The third kappa shape index (κ3) is 5.11. The molecule has 0 bridgehead atoms. The fourth-order valence-corrected chi connectivity index (χ4v) is 3.93. The zero-order valence-electron chi connectivity index (χ0n) is 16.2. The fraction of sp³-hybridized carbons (Fsp3) is 0.263. The number of sulfonamides is 1. The van der Waals surface area contributed by atoms with Crippen LogP contribution in [-0.4, -0.2) is 38.6 Å². The maximum Gasteiger partial charge on any atom is 0.293 e. The lowest BCUT2D eigenvalue weighted by atomic mass is 10.1. The van der Waals surface area contributed by atoms with Crippen LogP contribution in [0.25, 0.3) is 0 Å². The Balaban J connectivity index is 1.73. The van der Waals surface area contributed by atoms with E-state index in [1.54, 1.807) is 12.1 Å². The minimum Gasteiger partial charge on any atom is -0.366 e. The van der Waals surface area contributed by atoms with Gasteiger partial charge in [0.25, 0.3) is 15.7 Å². The van der Waals surface area contributed by atoms with Crippen molar-refractivity contribution in [2.75, 3.05) is 23.3 Å². The molecule has 2 N–H and O–H groups in total. The van der Waals surface area contributed by atoms with Crippen LogP contribution in [0.3, 0.4) is 0 Å². The molecule has 1 fully saturated rings. The minimum absolute atomic E-state index is 0.0379. The Morgan fingerprint density at radius 2 is 1.83 bits per heavy atom. The van der Waals surface area contributed by atoms with Gasteiger partial charge in [0.2, 0.25) is 5.91 Å². The zero-order valence-corrected chi connectivity index (χ0v) is 17.1. The van der Waals surface area contributed by atoms with Crippen molar-refractivity contribution < 1.29 is 18.1 Å². The summed E-state index contributed by atoms with van der Waals surface area (Å²) in [5, 5.41) is 17.7. The molecule has 3 rings (SSSR count). The molecule has 10 nitrogen and oxygen atoms in total. The number of hydrazone groups is 1. The van der Waals surface area contributed by atoms with Crippen molar-refractivity contribution in [3.63, 3.8) is 0 Å². The third-order valence-electron chi connectivity index (χ3n) is 4.51. The van der Waals surface area contributed by atoms with E-state index >= 15 is 0 Å². The number of anilines is 2. The molecular formula is C19H21N5O5S. The largest absolute Gasteiger partial charge is 0.366 e. The predicted molar refractivity (Wildman–Crippen MR) is 113 cm³/mol. The van der Waals surface area contributed by atoms with Gasteiger partial charge in [-0.3, -0.25) is 14.9 Å². The number of hydrogen-bond acceptors (Lipinski definition) is 7. The van der Waals surface area contributed by atoms with Crippen LogP contribution in [0.15, 0.2) is 52.5 Å². The highest BCUT2D eigenvalue weighted by molar-refractivity contribution is 7.89. The monoisotopic (exact) mass is 431 g/mol. The molecule has 0 unspecified atom stereocenters. The number of carbonyl (C=O) groups is 1. The summed E-state index contributed by atoms with van der Waals surface area (Å²) in [5.74, 6) is -0.266. The molecule has 0 aromatic heterocycles. The summed E-state index contributed by atoms with van der Waals surface area (Å²) in [4.78, 5) is 26.0. The van der Waals surface area contributed by atoms with Gasteiger partial charge in [-0.15, -0.1) is 0 Å². The van der Waals surface area contributed by atoms with E-state index in [9.17, 15) is 23.3 Å². The van der Waals surface area contributed by atoms with Gasteiger partial charge in [0.15, 0.2) is 0 Å². The molecule has 0 saturated carbocycles. The molecule has 0 spiro atoms. The van der Waals surface area contributed by atoms with E-state index in [4.69, 9.17) is 0 Å². The number of nitro benzene ring substituents is 1. The van der Waals surface area contributed by atoms with Gasteiger partial charge in [-0.25, -0.2) is 4.83 Å². The van der Waals surface area contributed by atoms with E-state index < -0.39 is 14.9 Å². The first-order valence-corrected chi connectivity index (χ1v) is 10.7. The lowest BCUT2D eigenvalue weighted by Crippen LogP contribution is -2.19. The maximum atomic E-state index is 12.3. The van der Waals surface area contributed by atoms with Crippen molar-refractivity contribution >= 4 is 39.2 Å². The van der Waals surface area contributed by atoms with Crippen LogP contribution in [0, 0.1) is 10.1 Å². The first kappa shape index (κ1) is 21.2. The van der Waals surface area contributed by atoms with Crippen molar-refractivity contribution in [3.8, 4) is 0 Å². The Hall–Kier alpha value is -3.47. The summed E-state index contributed by atoms with van der Waals surface area (Å²) in [6.45, 7) is 2.90. The van der Waals surface area contributed by atoms with Crippen LogP contribution < -0.4 is 15.0 Å². The lowest BCUT2D eigenvalue weighted by molar-refractivity contribution is -0.384. The van der Waals surface area contributed by atoms with Crippen LogP contribution >= 0.6 is 0 Å². The molecule has 1 aliphatic heterocycles. The summed E-state index contributed by atoms with van der Waals surface area (Å²) >= 11 is 0. The van der Waals surface area contributed by atoms with E-state index in [-0.39, 0.29) is 16.5 Å². The summed E-state index contributed by atoms with van der Waals surface area (Å²) < 4.78 is 24.7. The second-order valence-corrected chi connectivity index (χ2v) is 8.42. The number of amides is 1. The predicted octanol–water partition coefficient (Wildman–Crippen LogP) is 2.47. The van der Waals surface area contributed by atoms with Gasteiger partial charge in [0.05, 0.1) is 16.0 Å². The molecule has 1 amide bonds. The Morgan fingerprint density at radius 1 is 1.17 bits per heavy atom. The molecule has 30 heavy (non-hydrogen) atoms. The maximum absolute atomic E-state index is 12.3. The SMILES string of the molecule is CC(=O)Nc1ccc(S(=O)(=O)NN=Cc2ccc(N3CCCC3)c([N+](=O)[O-])c2)cc1. The zero-order chi connectivity index (χ0) is 21.7. The van der Waals surface area contributed by atoms with Gasteiger partial charge in [-0.1, -0.05) is 6.07 Å². The second kappa shape index (κ2) is 8.91. The van der Waals surface area contributed by atoms with Gasteiger partial charge < -0.3 is 10.2 Å². The molecule has 2 aromatic carbocycles. The standard InChI is InChI=1S/C19H21N5O5S/c1-14(25)21-16-5-7-17(8-6-16)30(28,29)22-20-13-15-4-9-18(19(12-15)24(26)27)23-10-2-3-11-23/h4-9,12-13,22H,2-3,10-11H2,1H3,(H,21,25). The van der Waals surface area contributed by atoms with Crippen molar-refractivity contribution in [1.82, 2.24) is 4.83 Å². The Kier molecular flexibility index (Phi) is 6.31. The van der Waals surface area contributed by atoms with Gasteiger partial charge in [-0.2, -0.15) is 13.5 Å². The molecule has 1 aliphatic rings. The van der Waals surface area contributed by atoms with Gasteiger partial charge in [0.1, 0.15) is 5.69 Å². The number of nitrogens with zero attached hydrogens (tertiary/aromatic N) is 3. The minimum atomic E-state index is -3.93. The summed E-state index contributed by atoms with van der Waals surface area (Å²) in [5.41, 5.74) is 1.37. The quantitative estimate of drug-likeness (QED) is 0.393. The van der Waals surface area contributed by atoms with Crippen LogP contribution in [0.4, 0.5) is 17.1 Å². The van der Waals surface area contributed by atoms with Gasteiger partial charge in [-0.05, 0) is 43.2 Å². The number of nitrogens with one attached hydrogen (secondary N) is 2. The van der Waals surface area contributed by atoms with Crippen molar-refractivity contribution in [1.29, 1.82) is 0 Å². The van der Waals surface area contributed by atoms with E-state index in [0.29, 0.717) is 16.9 Å². The number of benzene rings is 2. The third-order valence-corrected chi connectivity index (χ3v) is 5.75. The molecule has 0 radical (unpaired) electrons. The van der Waals surface area contributed by atoms with Crippen molar-refractivity contribution in [2.45, 2.75) is 24.7 Å². The molecule has 11 heteroatoms. The Morgan fingerprint density at radius 3 is 2.43 bits per heavy atom. The fourth-order valence-electron chi connectivity index (χ4n) is 3.14. The highest BCUT2D eigenvalue weighted by Gasteiger charge is 2.22. The highest BCUT2D eigenvalue weighted by atomic mass is 32.2. The van der Waals surface area contributed by atoms with Gasteiger partial charge in [0, 0.05) is 37.3 Å². The molecule has 1 heterocycles. The normalized spacial score (nSPS) is 14.1. The topological polar surface area (TPSA) is 134 Å². The molecule has 1 saturated heterocycles. The van der Waals surface area contributed by atoms with Crippen LogP contribution in [0.1, 0.15) is 25.3 Å². The smallest absolute Gasteiger partial charge is 0.293 e. The van der Waals surface area contributed by atoms with Crippen molar-refractivity contribution in [2.24, 2.45) is 5.10 Å². The van der Waals surface area contributed by atoms with E-state index in [0.717, 1.165) is 25.9 Å². The Bertz CT molecular complexity index is 1080. The van der Waals surface area contributed by atoms with Crippen LogP contribution in [-0.2, 0) is 14.8 Å². The van der Waals surface area contributed by atoms with Gasteiger partial charge >= 0.3 is 0 Å². The Labute approximate surface area is 173 Å². The highest BCUT2D eigenvalue weighted by Crippen LogP contribution is 2.31. The van der Waals surface area contributed by atoms with E-state index in [1.807, 2.05) is 4.90 Å². The molecule has 0 aliphatic carbocycles. The molecule has 2 aromatic rings. The number of rotatable bonds is 7. The molecule has 158 valence electrons. The van der Waals surface area contributed by atoms with E-state index in [1.165, 1.54) is 43.5 Å². The average molecular weight is 431 g/mol. The number of nitro groups is 1. The van der Waals surface area contributed by atoms with E-state index in [2.05, 4.69) is 15.2 Å². The molecular weight excluding hydrogens is 410 g/mol. The first-order chi connectivity index (χ1) is 14.3. The molecule has 0 atom stereocenters. The summed E-state index contributed by atoms with van der Waals surface area (Å²) in [7, 11) is -3.93. The second-order valence-electron chi connectivity index (χ2n) is 6.76. The average Bonchev–Trinajstić information content (AvgIpc) is 3.22. The summed E-state index contributed by atoms with van der Waals surface area (Å²) in [6.07, 6.45) is 3.20. The number of hydrogen-bond donors (Lipinski definition) is 2. The first-order valence-electron chi connectivity index (χ1n) is 9.22. The van der Waals surface area contributed by atoms with Crippen molar-refractivity contribution in [3.05, 3.63) is 58.1 Å². The lowest BCUT2D eigenvalue weighted by Gasteiger charge is -2.17. The number of carbonyl (C=O) groups excluding carboxylic acids is 1.